The maximum Gasteiger partial charge on any atom is 0.429 e. The minimum Gasteiger partial charge on any atom is -0.474 e. The van der Waals surface area contributed by atoms with Crippen molar-refractivity contribution in [1.82, 2.24) is 10.3 Å². The summed E-state index contributed by atoms with van der Waals surface area (Å²) >= 11 is 0. The number of hydrogen-bond acceptors (Lipinski definition) is 4. The molecule has 1 aromatic heterocycles. The first-order valence-corrected chi connectivity index (χ1v) is 8.46. The molecule has 3 atom stereocenters. The van der Waals surface area contributed by atoms with E-state index in [-0.39, 0.29) is 23.6 Å². The molecule has 8 heteroatoms. The molecule has 0 aliphatic carbocycles. The second-order valence-electron chi connectivity index (χ2n) is 6.44. The second-order valence-corrected chi connectivity index (χ2v) is 6.44. The van der Waals surface area contributed by atoms with Gasteiger partial charge in [0.2, 0.25) is 6.10 Å². The lowest BCUT2D eigenvalue weighted by Gasteiger charge is -2.22. The zero-order chi connectivity index (χ0) is 19.6. The molecule has 2 heterocycles. The molecule has 1 unspecified atom stereocenters. The van der Waals surface area contributed by atoms with Crippen molar-refractivity contribution in [3.8, 4) is 5.75 Å². The van der Waals surface area contributed by atoms with Gasteiger partial charge in [-0.1, -0.05) is 18.2 Å². The number of carbonyl (C=O) groups is 1. The Bertz CT molecular complexity index is 808. The molecule has 144 valence electrons. The predicted molar refractivity (Wildman–Crippen MR) is 89.6 cm³/mol. The van der Waals surface area contributed by atoms with E-state index in [1.165, 1.54) is 31.3 Å². The molecule has 0 radical (unpaired) electrons. The van der Waals surface area contributed by atoms with Crippen molar-refractivity contribution in [3.05, 3.63) is 59.7 Å². The highest BCUT2D eigenvalue weighted by Gasteiger charge is 2.44. The van der Waals surface area contributed by atoms with Crippen LogP contribution in [-0.4, -0.2) is 23.0 Å². The number of hydrogen-bond donors (Lipinski definition) is 1. The van der Waals surface area contributed by atoms with E-state index in [2.05, 4.69) is 10.3 Å². The molecule has 1 saturated heterocycles. The van der Waals surface area contributed by atoms with Crippen LogP contribution < -0.4 is 10.1 Å². The van der Waals surface area contributed by atoms with E-state index >= 15 is 0 Å². The van der Waals surface area contributed by atoms with E-state index in [1.807, 2.05) is 0 Å². The van der Waals surface area contributed by atoms with Crippen LogP contribution in [0.4, 0.5) is 17.6 Å². The van der Waals surface area contributed by atoms with Crippen molar-refractivity contribution < 1.29 is 27.1 Å². The number of benzene rings is 1. The lowest BCUT2D eigenvalue weighted by atomic mass is 10.1. The van der Waals surface area contributed by atoms with E-state index in [4.69, 9.17) is 4.74 Å². The standard InChI is InChI=1S/C19H18F4N2O2/c1-11(26)15-8-9-17(25-15)16-7-6-12(10-24-16)27-18(19(21,22)23)13-4-2-3-5-14(13)20/h2-7,10,15,17-18,25H,8-9H2,1H3/t15-,17+,18?/m0/s1. The third-order valence-corrected chi connectivity index (χ3v) is 4.49. The van der Waals surface area contributed by atoms with Gasteiger partial charge in [0, 0.05) is 5.56 Å². The van der Waals surface area contributed by atoms with Crippen molar-refractivity contribution in [2.24, 2.45) is 0 Å². The monoisotopic (exact) mass is 382 g/mol. The Labute approximate surface area is 153 Å². The van der Waals surface area contributed by atoms with Crippen molar-refractivity contribution in [2.45, 2.75) is 44.1 Å². The second kappa shape index (κ2) is 7.64. The number of alkyl halides is 3. The summed E-state index contributed by atoms with van der Waals surface area (Å²) in [5, 5.41) is 3.14. The highest BCUT2D eigenvalue weighted by molar-refractivity contribution is 5.81. The Balaban J connectivity index is 1.76. The molecule has 1 aliphatic rings. The Morgan fingerprint density at radius 1 is 1.22 bits per heavy atom. The third-order valence-electron chi connectivity index (χ3n) is 4.49. The molecule has 0 spiro atoms. The van der Waals surface area contributed by atoms with Gasteiger partial charge in [-0.2, -0.15) is 13.2 Å². The zero-order valence-corrected chi connectivity index (χ0v) is 14.5. The fourth-order valence-electron chi connectivity index (χ4n) is 3.09. The molecule has 0 amide bonds. The van der Waals surface area contributed by atoms with E-state index in [0.717, 1.165) is 12.1 Å². The third kappa shape index (κ3) is 4.44. The number of ketones is 1. The van der Waals surface area contributed by atoms with Gasteiger partial charge >= 0.3 is 6.18 Å². The molecule has 3 rings (SSSR count). The van der Waals surface area contributed by atoms with E-state index in [9.17, 15) is 22.4 Å². The van der Waals surface area contributed by atoms with Crippen LogP contribution in [0.15, 0.2) is 42.6 Å². The maximum atomic E-state index is 13.8. The molecule has 27 heavy (non-hydrogen) atoms. The Morgan fingerprint density at radius 3 is 2.52 bits per heavy atom. The van der Waals surface area contributed by atoms with Crippen LogP contribution >= 0.6 is 0 Å². The van der Waals surface area contributed by atoms with Gasteiger partial charge in [0.05, 0.1) is 24.0 Å². The van der Waals surface area contributed by atoms with Gasteiger partial charge in [-0.15, -0.1) is 0 Å². The molecular formula is C19H18F4N2O2. The summed E-state index contributed by atoms with van der Waals surface area (Å²) in [5.41, 5.74) is 0.0244. The number of halogens is 4. The van der Waals surface area contributed by atoms with E-state index < -0.39 is 23.7 Å². The average molecular weight is 382 g/mol. The summed E-state index contributed by atoms with van der Waals surface area (Å²) in [7, 11) is 0. The minimum absolute atomic E-state index is 0.0374. The van der Waals surface area contributed by atoms with Crippen molar-refractivity contribution in [2.75, 3.05) is 0 Å². The molecule has 0 bridgehead atoms. The predicted octanol–water partition coefficient (Wildman–Crippen LogP) is 4.29. The van der Waals surface area contributed by atoms with E-state index in [1.54, 1.807) is 6.07 Å². The first-order chi connectivity index (χ1) is 12.8. The smallest absolute Gasteiger partial charge is 0.429 e. The number of ether oxygens (including phenoxy) is 1. The molecule has 1 aliphatic heterocycles. The lowest BCUT2D eigenvalue weighted by molar-refractivity contribution is -0.198. The van der Waals surface area contributed by atoms with Crippen molar-refractivity contribution >= 4 is 5.78 Å². The van der Waals surface area contributed by atoms with Gasteiger partial charge in [0.15, 0.2) is 0 Å². The van der Waals surface area contributed by atoms with Gasteiger partial charge < -0.3 is 4.74 Å². The van der Waals surface area contributed by atoms with E-state index in [0.29, 0.717) is 18.5 Å². The van der Waals surface area contributed by atoms with Crippen LogP contribution in [0.25, 0.3) is 0 Å². The fourth-order valence-corrected chi connectivity index (χ4v) is 3.09. The van der Waals surface area contributed by atoms with Crippen LogP contribution in [0.5, 0.6) is 5.75 Å². The number of nitrogens with one attached hydrogen (secondary N) is 1. The first kappa shape index (κ1) is 19.3. The Morgan fingerprint density at radius 2 is 1.96 bits per heavy atom. The molecule has 1 aromatic carbocycles. The van der Waals surface area contributed by atoms with Gasteiger partial charge in [-0.3, -0.25) is 15.1 Å². The number of carbonyl (C=O) groups excluding carboxylic acids is 1. The summed E-state index contributed by atoms with van der Waals surface area (Å²) in [5.74, 6) is -1.07. The molecule has 0 saturated carbocycles. The summed E-state index contributed by atoms with van der Waals surface area (Å²) in [6.45, 7) is 1.50. The van der Waals surface area contributed by atoms with Crippen LogP contribution in [0, 0.1) is 5.82 Å². The molecular weight excluding hydrogens is 364 g/mol. The topological polar surface area (TPSA) is 51.2 Å². The Hall–Kier alpha value is -2.48. The number of nitrogens with zero attached hydrogens (tertiary/aromatic N) is 1. The molecule has 4 nitrogen and oxygen atoms in total. The van der Waals surface area contributed by atoms with Crippen LogP contribution in [0.3, 0.4) is 0 Å². The zero-order valence-electron chi connectivity index (χ0n) is 14.5. The molecule has 1 N–H and O–H groups in total. The van der Waals surface area contributed by atoms with Crippen LogP contribution in [0.1, 0.15) is 43.2 Å². The number of Topliss-reactive ketones (excluding diaryl/α,β-unsaturated/α-hetero) is 1. The highest BCUT2D eigenvalue weighted by Crippen LogP contribution is 2.38. The summed E-state index contributed by atoms with van der Waals surface area (Å²) in [6.07, 6.45) is -4.65. The quantitative estimate of drug-likeness (QED) is 0.784. The van der Waals surface area contributed by atoms with Gasteiger partial charge in [-0.05, 0) is 38.0 Å². The van der Waals surface area contributed by atoms with Gasteiger partial charge in [-0.25, -0.2) is 4.39 Å². The molecule has 1 fully saturated rings. The van der Waals surface area contributed by atoms with Crippen LogP contribution in [0.2, 0.25) is 0 Å². The van der Waals surface area contributed by atoms with Gasteiger partial charge in [0.25, 0.3) is 0 Å². The fraction of sp³-hybridized carbons (Fsp3) is 0.368. The largest absolute Gasteiger partial charge is 0.474 e. The van der Waals surface area contributed by atoms with Crippen molar-refractivity contribution in [3.63, 3.8) is 0 Å². The van der Waals surface area contributed by atoms with Crippen molar-refractivity contribution in [1.29, 1.82) is 0 Å². The summed E-state index contributed by atoms with van der Waals surface area (Å²) in [6, 6.07) is 7.16. The normalized spacial score (nSPS) is 21.1. The first-order valence-electron chi connectivity index (χ1n) is 8.46. The van der Waals surface area contributed by atoms with Crippen LogP contribution in [-0.2, 0) is 4.79 Å². The van der Waals surface area contributed by atoms with Gasteiger partial charge in [0.1, 0.15) is 17.3 Å². The molecule has 2 aromatic rings. The number of aromatic nitrogens is 1. The minimum atomic E-state index is -4.79. The Kier molecular flexibility index (Phi) is 5.46. The maximum absolute atomic E-state index is 13.8. The summed E-state index contributed by atoms with van der Waals surface area (Å²) in [4.78, 5) is 15.6. The average Bonchev–Trinajstić information content (AvgIpc) is 3.10. The highest BCUT2D eigenvalue weighted by atomic mass is 19.4. The summed E-state index contributed by atoms with van der Waals surface area (Å²) < 4.78 is 58.9. The number of rotatable bonds is 5. The lowest BCUT2D eigenvalue weighted by Crippen LogP contribution is -2.30. The SMILES string of the molecule is CC(=O)[C@@H]1CC[C@H](c2ccc(OC(c3ccccc3F)C(F)(F)F)cn2)N1. The number of pyridine rings is 1.